The largest absolute Gasteiger partial charge is 0.334 e. The second-order valence-electron chi connectivity index (χ2n) is 4.14. The molecule has 19 heavy (non-hydrogen) atoms. The highest BCUT2D eigenvalue weighted by Gasteiger charge is 2.16. The molecule has 1 heterocycles. The van der Waals surface area contributed by atoms with Crippen LogP contribution in [0.4, 0.5) is 13.2 Å². The van der Waals surface area contributed by atoms with E-state index < -0.39 is 17.5 Å². The molecule has 7 heteroatoms. The molecule has 0 aliphatic carbocycles. The van der Waals surface area contributed by atoms with Gasteiger partial charge in [0.05, 0.1) is 0 Å². The van der Waals surface area contributed by atoms with E-state index >= 15 is 0 Å². The summed E-state index contributed by atoms with van der Waals surface area (Å²) >= 11 is 0. The molecule has 0 radical (unpaired) electrons. The van der Waals surface area contributed by atoms with Gasteiger partial charge in [0, 0.05) is 18.0 Å². The molecule has 0 fully saturated rings. The Hall–Kier alpha value is -1.89. The number of nitrogens with zero attached hydrogens (tertiary/aromatic N) is 2. The van der Waals surface area contributed by atoms with Gasteiger partial charge in [0.25, 0.3) is 5.89 Å². The molecule has 0 aliphatic heterocycles. The van der Waals surface area contributed by atoms with Crippen molar-refractivity contribution in [2.75, 3.05) is 0 Å². The van der Waals surface area contributed by atoms with Crippen LogP contribution in [0.1, 0.15) is 19.2 Å². The quantitative estimate of drug-likeness (QED) is 0.867. The molecule has 2 aromatic rings. The highest BCUT2D eigenvalue weighted by Crippen LogP contribution is 2.22. The molecule has 2 rings (SSSR count). The van der Waals surface area contributed by atoms with Crippen LogP contribution in [0, 0.1) is 17.5 Å². The lowest BCUT2D eigenvalue weighted by Gasteiger charge is -2.02. The predicted molar refractivity (Wildman–Crippen MR) is 61.6 cm³/mol. The number of aromatic nitrogens is 2. The first-order valence-corrected chi connectivity index (χ1v) is 5.74. The molecular weight excluding hydrogens is 259 g/mol. The fourth-order valence-corrected chi connectivity index (χ4v) is 1.51. The van der Waals surface area contributed by atoms with E-state index in [2.05, 4.69) is 10.1 Å². The van der Waals surface area contributed by atoms with Gasteiger partial charge in [0.15, 0.2) is 23.3 Å². The number of hydrogen-bond acceptors (Lipinski definition) is 4. The van der Waals surface area contributed by atoms with E-state index in [1.807, 2.05) is 6.92 Å². The summed E-state index contributed by atoms with van der Waals surface area (Å²) in [7, 11) is 0. The number of rotatable bonds is 4. The summed E-state index contributed by atoms with van der Waals surface area (Å²) in [4.78, 5) is 3.97. The minimum absolute atomic E-state index is 0.0137. The minimum atomic E-state index is -1.53. The molecule has 0 saturated carbocycles. The van der Waals surface area contributed by atoms with Crippen LogP contribution in [0.5, 0.6) is 0 Å². The van der Waals surface area contributed by atoms with E-state index in [0.29, 0.717) is 12.2 Å². The zero-order valence-electron chi connectivity index (χ0n) is 10.2. The molecule has 0 amide bonds. The fraction of sp³-hybridized carbons (Fsp3) is 0.333. The monoisotopic (exact) mass is 271 g/mol. The van der Waals surface area contributed by atoms with Crippen molar-refractivity contribution in [3.05, 3.63) is 35.4 Å². The third-order valence-corrected chi connectivity index (χ3v) is 2.67. The van der Waals surface area contributed by atoms with E-state index in [1.165, 1.54) is 0 Å². The molecular formula is C12H12F3N3O. The second-order valence-corrected chi connectivity index (χ2v) is 4.14. The Morgan fingerprint density at radius 2 is 1.89 bits per heavy atom. The van der Waals surface area contributed by atoms with Crippen LogP contribution in [0.15, 0.2) is 16.7 Å². The van der Waals surface area contributed by atoms with Crippen molar-refractivity contribution in [1.82, 2.24) is 10.1 Å². The lowest BCUT2D eigenvalue weighted by Crippen LogP contribution is -2.21. The van der Waals surface area contributed by atoms with Crippen molar-refractivity contribution in [3.8, 4) is 11.5 Å². The number of benzene rings is 1. The fourth-order valence-electron chi connectivity index (χ4n) is 1.51. The van der Waals surface area contributed by atoms with Crippen molar-refractivity contribution in [1.29, 1.82) is 0 Å². The van der Waals surface area contributed by atoms with E-state index in [1.54, 1.807) is 0 Å². The maximum atomic E-state index is 13.1. The van der Waals surface area contributed by atoms with Crippen LogP contribution >= 0.6 is 0 Å². The Balaban J connectivity index is 2.28. The van der Waals surface area contributed by atoms with Crippen molar-refractivity contribution in [2.45, 2.75) is 25.8 Å². The Morgan fingerprint density at radius 3 is 2.47 bits per heavy atom. The average Bonchev–Trinajstić information content (AvgIpc) is 2.83. The molecule has 0 spiro atoms. The highest BCUT2D eigenvalue weighted by molar-refractivity contribution is 5.53. The highest BCUT2D eigenvalue weighted by atomic mass is 19.2. The van der Waals surface area contributed by atoms with E-state index in [4.69, 9.17) is 10.3 Å². The maximum absolute atomic E-state index is 13.1. The Labute approximate surface area is 107 Å². The van der Waals surface area contributed by atoms with Gasteiger partial charge < -0.3 is 10.3 Å². The number of hydrogen-bond donors (Lipinski definition) is 1. The van der Waals surface area contributed by atoms with Crippen LogP contribution in [-0.2, 0) is 6.42 Å². The van der Waals surface area contributed by atoms with Crippen LogP contribution in [0.25, 0.3) is 11.5 Å². The summed E-state index contributed by atoms with van der Waals surface area (Å²) in [6.45, 7) is 1.91. The van der Waals surface area contributed by atoms with Gasteiger partial charge in [-0.1, -0.05) is 12.1 Å². The van der Waals surface area contributed by atoms with Gasteiger partial charge in [-0.15, -0.1) is 0 Å². The number of halogens is 3. The van der Waals surface area contributed by atoms with Crippen LogP contribution in [0.2, 0.25) is 0 Å². The van der Waals surface area contributed by atoms with Crippen LogP contribution in [-0.4, -0.2) is 16.2 Å². The molecule has 0 saturated heterocycles. The summed E-state index contributed by atoms with van der Waals surface area (Å²) in [6, 6.07) is 1.48. The summed E-state index contributed by atoms with van der Waals surface area (Å²) in [5, 5.41) is 3.66. The van der Waals surface area contributed by atoms with Crippen molar-refractivity contribution in [3.63, 3.8) is 0 Å². The van der Waals surface area contributed by atoms with Crippen LogP contribution < -0.4 is 5.73 Å². The van der Waals surface area contributed by atoms with E-state index in [9.17, 15) is 13.2 Å². The zero-order valence-corrected chi connectivity index (χ0v) is 10.2. The predicted octanol–water partition coefficient (Wildman–Crippen LogP) is 2.43. The van der Waals surface area contributed by atoms with Gasteiger partial charge >= 0.3 is 0 Å². The second kappa shape index (κ2) is 5.40. The summed E-state index contributed by atoms with van der Waals surface area (Å²) in [5.41, 5.74) is 5.72. The van der Waals surface area contributed by atoms with E-state index in [0.717, 1.165) is 18.6 Å². The van der Waals surface area contributed by atoms with Gasteiger partial charge in [-0.3, -0.25) is 0 Å². The molecule has 2 N–H and O–H groups in total. The molecule has 4 nitrogen and oxygen atoms in total. The first-order valence-electron chi connectivity index (χ1n) is 5.74. The molecule has 1 atom stereocenters. The van der Waals surface area contributed by atoms with Gasteiger partial charge in [-0.05, 0) is 18.6 Å². The topological polar surface area (TPSA) is 64.9 Å². The van der Waals surface area contributed by atoms with Crippen LogP contribution in [0.3, 0.4) is 0 Å². The Kier molecular flexibility index (Phi) is 3.84. The molecule has 1 aromatic heterocycles. The summed E-state index contributed by atoms with van der Waals surface area (Å²) < 4.78 is 43.8. The Morgan fingerprint density at radius 1 is 1.26 bits per heavy atom. The maximum Gasteiger partial charge on any atom is 0.258 e. The van der Waals surface area contributed by atoms with Gasteiger partial charge in [-0.2, -0.15) is 4.98 Å². The SMILES string of the molecule is CCC(N)Cc1noc(-c2cc(F)c(F)c(F)c2)n1. The standard InChI is InChI=1S/C12H12F3N3O/c1-2-7(16)5-10-17-12(19-18-10)6-3-8(13)11(15)9(14)4-6/h3-4,7H,2,5,16H2,1H3. The number of nitrogens with two attached hydrogens (primary N) is 1. The first kappa shape index (κ1) is 13.5. The normalized spacial score (nSPS) is 12.7. The smallest absolute Gasteiger partial charge is 0.258 e. The molecule has 0 aliphatic rings. The molecule has 0 bridgehead atoms. The van der Waals surface area contributed by atoms with Crippen molar-refractivity contribution < 1.29 is 17.7 Å². The molecule has 102 valence electrons. The van der Waals surface area contributed by atoms with Crippen molar-refractivity contribution >= 4 is 0 Å². The zero-order chi connectivity index (χ0) is 14.0. The third kappa shape index (κ3) is 2.93. The molecule has 1 aromatic carbocycles. The molecule has 1 unspecified atom stereocenters. The summed E-state index contributed by atoms with van der Waals surface area (Å²) in [6.07, 6.45) is 1.13. The lowest BCUT2D eigenvalue weighted by atomic mass is 10.1. The average molecular weight is 271 g/mol. The van der Waals surface area contributed by atoms with Gasteiger partial charge in [-0.25, -0.2) is 13.2 Å². The minimum Gasteiger partial charge on any atom is -0.334 e. The van der Waals surface area contributed by atoms with Gasteiger partial charge in [0.2, 0.25) is 0 Å². The van der Waals surface area contributed by atoms with E-state index in [-0.39, 0.29) is 17.5 Å². The van der Waals surface area contributed by atoms with Crippen molar-refractivity contribution in [2.24, 2.45) is 5.73 Å². The van der Waals surface area contributed by atoms with Gasteiger partial charge in [0.1, 0.15) is 0 Å². The lowest BCUT2D eigenvalue weighted by molar-refractivity contribution is 0.416. The first-order chi connectivity index (χ1) is 9.01. The summed E-state index contributed by atoms with van der Waals surface area (Å²) in [5.74, 6) is -3.87. The third-order valence-electron chi connectivity index (χ3n) is 2.67. The Bertz CT molecular complexity index is 562.